The second kappa shape index (κ2) is 8.71. The Morgan fingerprint density at radius 1 is 1.00 bits per heavy atom. The Kier molecular flexibility index (Phi) is 6.49. The molecule has 0 amide bonds. The van der Waals surface area contributed by atoms with Gasteiger partial charge in [0.05, 0.1) is 0 Å². The molecule has 1 N–H and O–H groups in total. The number of carboxylic acid groups (broad SMARTS) is 1. The molecule has 4 fully saturated rings. The molecule has 0 radical (unpaired) electrons. The quantitative estimate of drug-likeness (QED) is 0.489. The predicted octanol–water partition coefficient (Wildman–Crippen LogP) is 6.47. The maximum atomic E-state index is 11.8. The van der Waals surface area contributed by atoms with Gasteiger partial charge in [0, 0.05) is 12.8 Å². The van der Waals surface area contributed by atoms with E-state index in [0.717, 1.165) is 37.0 Å². The highest BCUT2D eigenvalue weighted by molar-refractivity contribution is 5.69. The highest BCUT2D eigenvalue weighted by Crippen LogP contribution is 2.68. The second-order valence-electron chi connectivity index (χ2n) is 12.0. The summed E-state index contributed by atoms with van der Waals surface area (Å²) >= 11 is 0. The maximum absolute atomic E-state index is 11.8. The van der Waals surface area contributed by atoms with Crippen LogP contribution < -0.4 is 0 Å². The molecule has 4 saturated carbocycles. The third-order valence-electron chi connectivity index (χ3n) is 10.8. The van der Waals surface area contributed by atoms with E-state index in [1.807, 2.05) is 6.92 Å². The number of fused-ring (bicyclic) bond motifs is 5. The Bertz CT molecular complexity index is 689. The summed E-state index contributed by atoms with van der Waals surface area (Å²) in [6.07, 6.45) is 13.0. The Hall–Kier alpha value is -1.06. The molecule has 0 bridgehead atoms. The third kappa shape index (κ3) is 4.06. The van der Waals surface area contributed by atoms with E-state index in [9.17, 15) is 9.59 Å². The average Bonchev–Trinajstić information content (AvgIpc) is 3.09. The smallest absolute Gasteiger partial charge is 0.305 e. The Morgan fingerprint density at radius 3 is 2.42 bits per heavy atom. The van der Waals surface area contributed by atoms with Gasteiger partial charge in [-0.2, -0.15) is 0 Å². The molecule has 31 heavy (non-hydrogen) atoms. The predicted molar refractivity (Wildman–Crippen MR) is 121 cm³/mol. The summed E-state index contributed by atoms with van der Waals surface area (Å²) in [6, 6.07) is 0. The summed E-state index contributed by atoms with van der Waals surface area (Å²) in [5.41, 5.74) is 0.808. The summed E-state index contributed by atoms with van der Waals surface area (Å²) in [5, 5.41) is 9.15. The van der Waals surface area contributed by atoms with Crippen LogP contribution in [0.3, 0.4) is 0 Å². The van der Waals surface area contributed by atoms with Gasteiger partial charge in [-0.05, 0) is 111 Å². The standard InChI is InChI=1S/C27H44O4/c1-5-25(30)31-19-12-14-26(3)18(16-19)7-8-20-22-10-9-21(17(2)6-11-24(28)29)27(22,4)15-13-23(20)26/h17-23H,5-16H2,1-4H3,(H,28,29)/t17-,18+,19-,20+,21-,22+,23+,26+,27-/m1/s1. The zero-order chi connectivity index (χ0) is 22.4. The molecular weight excluding hydrogens is 388 g/mol. The van der Waals surface area contributed by atoms with Crippen molar-refractivity contribution in [3.05, 3.63) is 0 Å². The number of carbonyl (C=O) groups excluding carboxylic acids is 1. The normalized spacial score (nSPS) is 45.2. The van der Waals surface area contributed by atoms with Crippen LogP contribution in [0.4, 0.5) is 0 Å². The largest absolute Gasteiger partial charge is 0.481 e. The van der Waals surface area contributed by atoms with Gasteiger partial charge in [-0.3, -0.25) is 9.59 Å². The van der Waals surface area contributed by atoms with E-state index in [1.54, 1.807) is 0 Å². The van der Waals surface area contributed by atoms with Gasteiger partial charge in [0.1, 0.15) is 6.10 Å². The minimum absolute atomic E-state index is 0.0373. The van der Waals surface area contributed by atoms with Crippen LogP contribution in [0.1, 0.15) is 105 Å². The first-order valence-electron chi connectivity index (χ1n) is 13.1. The summed E-state index contributed by atoms with van der Waals surface area (Å²) < 4.78 is 5.76. The zero-order valence-electron chi connectivity index (χ0n) is 20.2. The van der Waals surface area contributed by atoms with Crippen molar-refractivity contribution < 1.29 is 19.4 Å². The Balaban J connectivity index is 1.45. The molecule has 0 aromatic heterocycles. The van der Waals surface area contributed by atoms with Gasteiger partial charge in [-0.25, -0.2) is 0 Å². The number of ether oxygens (including phenoxy) is 1. The van der Waals surface area contributed by atoms with Crippen molar-refractivity contribution in [3.63, 3.8) is 0 Å². The van der Waals surface area contributed by atoms with Gasteiger partial charge < -0.3 is 9.84 Å². The first-order valence-corrected chi connectivity index (χ1v) is 13.1. The Labute approximate surface area is 188 Å². The van der Waals surface area contributed by atoms with Crippen LogP contribution in [0, 0.1) is 46.3 Å². The lowest BCUT2D eigenvalue weighted by Crippen LogP contribution is -2.54. The van der Waals surface area contributed by atoms with E-state index < -0.39 is 5.97 Å². The number of carbonyl (C=O) groups is 2. The van der Waals surface area contributed by atoms with Crippen molar-refractivity contribution in [1.29, 1.82) is 0 Å². The summed E-state index contributed by atoms with van der Waals surface area (Å²) in [6.45, 7) is 9.32. The molecule has 4 aliphatic rings. The van der Waals surface area contributed by atoms with E-state index in [-0.39, 0.29) is 12.1 Å². The van der Waals surface area contributed by atoms with Crippen molar-refractivity contribution in [2.24, 2.45) is 46.3 Å². The van der Waals surface area contributed by atoms with Gasteiger partial charge in [0.15, 0.2) is 0 Å². The molecule has 4 aliphatic carbocycles. The van der Waals surface area contributed by atoms with Crippen molar-refractivity contribution in [3.8, 4) is 0 Å². The van der Waals surface area contributed by atoms with E-state index in [2.05, 4.69) is 20.8 Å². The van der Waals surface area contributed by atoms with Gasteiger partial charge in [0.25, 0.3) is 0 Å². The van der Waals surface area contributed by atoms with E-state index in [1.165, 1.54) is 44.9 Å². The maximum Gasteiger partial charge on any atom is 0.305 e. The molecule has 0 aromatic rings. The minimum atomic E-state index is -0.651. The lowest BCUT2D eigenvalue weighted by Gasteiger charge is -2.61. The average molecular weight is 433 g/mol. The van der Waals surface area contributed by atoms with Crippen molar-refractivity contribution in [1.82, 2.24) is 0 Å². The van der Waals surface area contributed by atoms with Gasteiger partial charge in [-0.15, -0.1) is 0 Å². The molecule has 0 aliphatic heterocycles. The van der Waals surface area contributed by atoms with Gasteiger partial charge >= 0.3 is 11.9 Å². The van der Waals surface area contributed by atoms with Gasteiger partial charge in [-0.1, -0.05) is 27.7 Å². The van der Waals surface area contributed by atoms with Crippen LogP contribution in [0.5, 0.6) is 0 Å². The number of esters is 1. The fourth-order valence-corrected chi connectivity index (χ4v) is 9.12. The minimum Gasteiger partial charge on any atom is -0.481 e. The van der Waals surface area contributed by atoms with E-state index in [0.29, 0.717) is 41.4 Å². The topological polar surface area (TPSA) is 63.6 Å². The first-order chi connectivity index (χ1) is 14.7. The van der Waals surface area contributed by atoms with E-state index >= 15 is 0 Å². The number of rotatable bonds is 6. The lowest BCUT2D eigenvalue weighted by atomic mass is 9.44. The van der Waals surface area contributed by atoms with Crippen molar-refractivity contribution in [2.45, 2.75) is 111 Å². The summed E-state index contributed by atoms with van der Waals surface area (Å²) in [4.78, 5) is 22.9. The fourth-order valence-electron chi connectivity index (χ4n) is 9.12. The van der Waals surface area contributed by atoms with Crippen LogP contribution in [0.15, 0.2) is 0 Å². The molecule has 4 nitrogen and oxygen atoms in total. The summed E-state index contributed by atoms with van der Waals surface area (Å²) in [5.74, 6) is 3.69. The van der Waals surface area contributed by atoms with Gasteiger partial charge in [0.2, 0.25) is 0 Å². The Morgan fingerprint density at radius 2 is 1.71 bits per heavy atom. The number of hydrogen-bond donors (Lipinski definition) is 1. The van der Waals surface area contributed by atoms with Crippen molar-refractivity contribution in [2.75, 3.05) is 0 Å². The highest BCUT2D eigenvalue weighted by atomic mass is 16.5. The fraction of sp³-hybridized carbons (Fsp3) is 0.926. The molecule has 0 saturated heterocycles. The molecular formula is C27H44O4. The van der Waals surface area contributed by atoms with Crippen LogP contribution >= 0.6 is 0 Å². The lowest BCUT2D eigenvalue weighted by molar-refractivity contribution is -0.162. The first kappa shape index (κ1) is 23.1. The molecule has 4 heteroatoms. The zero-order valence-corrected chi connectivity index (χ0v) is 20.2. The molecule has 0 unspecified atom stereocenters. The number of carboxylic acids is 1. The monoisotopic (exact) mass is 432 g/mol. The van der Waals surface area contributed by atoms with Crippen LogP contribution in [-0.4, -0.2) is 23.1 Å². The summed E-state index contributed by atoms with van der Waals surface area (Å²) in [7, 11) is 0. The second-order valence-corrected chi connectivity index (χ2v) is 12.0. The SMILES string of the molecule is CCC(=O)O[C@@H]1CC[C@@]2(C)[C@@H](CC[C@@H]3[C@@H]2CC[C@]2(C)[C@@H]([C@H](C)CCC(=O)O)CC[C@@H]32)C1. The molecule has 0 spiro atoms. The molecule has 0 aromatic carbocycles. The van der Waals surface area contributed by atoms with Crippen LogP contribution in [0.2, 0.25) is 0 Å². The molecule has 176 valence electrons. The third-order valence-corrected chi connectivity index (χ3v) is 10.8. The van der Waals surface area contributed by atoms with Crippen molar-refractivity contribution >= 4 is 11.9 Å². The highest BCUT2D eigenvalue weighted by Gasteiger charge is 2.60. The molecule has 4 rings (SSSR count). The number of aliphatic carboxylic acids is 1. The number of hydrogen-bond acceptors (Lipinski definition) is 3. The van der Waals surface area contributed by atoms with E-state index in [4.69, 9.17) is 9.84 Å². The molecule has 0 heterocycles. The van der Waals surface area contributed by atoms with Crippen LogP contribution in [-0.2, 0) is 14.3 Å². The van der Waals surface area contributed by atoms with Crippen LogP contribution in [0.25, 0.3) is 0 Å². The molecule has 9 atom stereocenters.